The summed E-state index contributed by atoms with van der Waals surface area (Å²) in [5.74, 6) is 1.90. The lowest BCUT2D eigenvalue weighted by atomic mass is 10.1. The van der Waals surface area contributed by atoms with Crippen LogP contribution < -0.4 is 15.4 Å². The van der Waals surface area contributed by atoms with E-state index in [1.807, 2.05) is 13.1 Å². The van der Waals surface area contributed by atoms with Gasteiger partial charge in [0.1, 0.15) is 5.75 Å². The van der Waals surface area contributed by atoms with Crippen molar-refractivity contribution in [1.82, 2.24) is 15.6 Å². The number of fused-ring (bicyclic) bond motifs is 1. The summed E-state index contributed by atoms with van der Waals surface area (Å²) in [4.78, 5) is 10.1. The van der Waals surface area contributed by atoms with Crippen LogP contribution in [0, 0.1) is 6.92 Å². The Morgan fingerprint density at radius 3 is 3.00 bits per heavy atom. The monoisotopic (exact) mass is 472 g/mol. The zero-order valence-corrected chi connectivity index (χ0v) is 17.8. The summed E-state index contributed by atoms with van der Waals surface area (Å²) in [6.45, 7) is 7.27. The summed E-state index contributed by atoms with van der Waals surface area (Å²) in [5, 5.41) is 7.78. The summed E-state index contributed by atoms with van der Waals surface area (Å²) in [6.07, 6.45) is 3.89. The summed E-state index contributed by atoms with van der Waals surface area (Å²) < 4.78 is 5.55. The van der Waals surface area contributed by atoms with E-state index in [2.05, 4.69) is 45.7 Å². The fourth-order valence-corrected chi connectivity index (χ4v) is 3.42. The minimum Gasteiger partial charge on any atom is -0.493 e. The average Bonchev–Trinajstić information content (AvgIpc) is 3.20. The van der Waals surface area contributed by atoms with E-state index in [0.29, 0.717) is 6.54 Å². The van der Waals surface area contributed by atoms with Gasteiger partial charge in [-0.15, -0.1) is 35.3 Å². The van der Waals surface area contributed by atoms with Crippen LogP contribution in [0.5, 0.6) is 5.75 Å². The van der Waals surface area contributed by atoms with Gasteiger partial charge < -0.3 is 15.4 Å². The standard InChI is InChI=1S/C18H24N4OS.HI/c1-3-19-18(22-12-16-11-21-13(2)24-16)20-8-6-14-4-5-17-15(10-14)7-9-23-17;/h4-5,10-11H,3,6-9,12H2,1-2H3,(H2,19,20,22);1H. The molecular formula is C18H25IN4OS. The third-order valence-electron chi connectivity index (χ3n) is 3.87. The van der Waals surface area contributed by atoms with Crippen LogP contribution in [0.4, 0.5) is 0 Å². The predicted molar refractivity (Wildman–Crippen MR) is 114 cm³/mol. The quantitative estimate of drug-likeness (QED) is 0.385. The molecule has 0 amide bonds. The highest BCUT2D eigenvalue weighted by atomic mass is 127. The van der Waals surface area contributed by atoms with Crippen LogP contribution in [0.15, 0.2) is 29.4 Å². The third kappa shape index (κ3) is 5.85. The average molecular weight is 472 g/mol. The van der Waals surface area contributed by atoms with Crippen LogP contribution in [0.1, 0.15) is 27.9 Å². The van der Waals surface area contributed by atoms with Gasteiger partial charge in [-0.25, -0.2) is 9.98 Å². The third-order valence-corrected chi connectivity index (χ3v) is 4.76. The second-order valence-electron chi connectivity index (χ2n) is 5.76. The van der Waals surface area contributed by atoms with Crippen molar-refractivity contribution in [3.8, 4) is 5.75 Å². The van der Waals surface area contributed by atoms with Crippen molar-refractivity contribution in [2.75, 3.05) is 19.7 Å². The molecule has 5 nitrogen and oxygen atoms in total. The second-order valence-corrected chi connectivity index (χ2v) is 7.08. The molecule has 2 N–H and O–H groups in total. The summed E-state index contributed by atoms with van der Waals surface area (Å²) in [6, 6.07) is 6.49. The number of aliphatic imine (C=N–C) groups is 1. The first kappa shape index (κ1) is 20.0. The molecule has 0 saturated carbocycles. The van der Waals surface area contributed by atoms with Crippen molar-refractivity contribution in [2.45, 2.75) is 33.2 Å². The largest absolute Gasteiger partial charge is 0.493 e. The Kier molecular flexibility index (Phi) is 7.95. The first-order chi connectivity index (χ1) is 11.7. The van der Waals surface area contributed by atoms with Gasteiger partial charge in [0.25, 0.3) is 0 Å². The van der Waals surface area contributed by atoms with Crippen molar-refractivity contribution >= 4 is 41.3 Å². The van der Waals surface area contributed by atoms with E-state index in [1.165, 1.54) is 16.0 Å². The van der Waals surface area contributed by atoms with Gasteiger partial charge in [0.2, 0.25) is 0 Å². The molecule has 25 heavy (non-hydrogen) atoms. The zero-order chi connectivity index (χ0) is 16.8. The van der Waals surface area contributed by atoms with Gasteiger partial charge in [-0.2, -0.15) is 0 Å². The number of nitrogens with one attached hydrogen (secondary N) is 2. The molecule has 1 aromatic carbocycles. The fraction of sp³-hybridized carbons (Fsp3) is 0.444. The highest BCUT2D eigenvalue weighted by molar-refractivity contribution is 14.0. The van der Waals surface area contributed by atoms with Crippen LogP contribution in [0.25, 0.3) is 0 Å². The van der Waals surface area contributed by atoms with Crippen molar-refractivity contribution in [3.05, 3.63) is 45.4 Å². The first-order valence-electron chi connectivity index (χ1n) is 8.42. The van der Waals surface area contributed by atoms with Gasteiger partial charge in [-0.1, -0.05) is 12.1 Å². The number of aromatic nitrogens is 1. The molecule has 0 spiro atoms. The van der Waals surface area contributed by atoms with Crippen LogP contribution >= 0.6 is 35.3 Å². The molecule has 0 aliphatic carbocycles. The Morgan fingerprint density at radius 1 is 1.36 bits per heavy atom. The highest BCUT2D eigenvalue weighted by Crippen LogP contribution is 2.25. The highest BCUT2D eigenvalue weighted by Gasteiger charge is 2.11. The van der Waals surface area contributed by atoms with Gasteiger partial charge >= 0.3 is 0 Å². The number of hydrogen-bond donors (Lipinski definition) is 2. The Labute approximate surface area is 170 Å². The SMILES string of the molecule is CCNC(=NCc1cnc(C)s1)NCCc1ccc2c(c1)CCO2.I. The fourth-order valence-electron chi connectivity index (χ4n) is 2.70. The number of aryl methyl sites for hydroxylation is 1. The molecule has 1 aliphatic heterocycles. The van der Waals surface area contributed by atoms with Crippen LogP contribution in [-0.4, -0.2) is 30.6 Å². The zero-order valence-electron chi connectivity index (χ0n) is 14.7. The van der Waals surface area contributed by atoms with Gasteiger partial charge in [-0.3, -0.25) is 0 Å². The maximum absolute atomic E-state index is 5.55. The van der Waals surface area contributed by atoms with Gasteiger partial charge in [0.15, 0.2) is 5.96 Å². The van der Waals surface area contributed by atoms with Gasteiger partial charge in [0, 0.05) is 30.6 Å². The number of guanidine groups is 1. The number of hydrogen-bond acceptors (Lipinski definition) is 4. The number of thiazole rings is 1. The first-order valence-corrected chi connectivity index (χ1v) is 9.24. The van der Waals surface area contributed by atoms with E-state index >= 15 is 0 Å². The molecule has 0 bridgehead atoms. The normalized spacial score (nSPS) is 13.0. The molecule has 0 atom stereocenters. The van der Waals surface area contributed by atoms with Crippen molar-refractivity contribution in [2.24, 2.45) is 4.99 Å². The van der Waals surface area contributed by atoms with Gasteiger partial charge in [0.05, 0.1) is 18.2 Å². The number of benzene rings is 1. The summed E-state index contributed by atoms with van der Waals surface area (Å²) in [7, 11) is 0. The lowest BCUT2D eigenvalue weighted by Gasteiger charge is -2.11. The predicted octanol–water partition coefficient (Wildman–Crippen LogP) is 3.30. The Hall–Kier alpha value is -1.35. The second kappa shape index (κ2) is 9.96. The smallest absolute Gasteiger partial charge is 0.191 e. The van der Waals surface area contributed by atoms with Crippen LogP contribution in [0.2, 0.25) is 0 Å². The summed E-state index contributed by atoms with van der Waals surface area (Å²) in [5.41, 5.74) is 2.66. The molecule has 2 heterocycles. The molecule has 0 unspecified atom stereocenters. The van der Waals surface area contributed by atoms with E-state index in [1.54, 1.807) is 11.3 Å². The van der Waals surface area contributed by atoms with E-state index in [4.69, 9.17) is 4.74 Å². The van der Waals surface area contributed by atoms with Crippen molar-refractivity contribution in [3.63, 3.8) is 0 Å². The molecule has 136 valence electrons. The van der Waals surface area contributed by atoms with Crippen LogP contribution in [0.3, 0.4) is 0 Å². The molecule has 7 heteroatoms. The number of nitrogens with zero attached hydrogens (tertiary/aromatic N) is 2. The lowest BCUT2D eigenvalue weighted by molar-refractivity contribution is 0.357. The molecule has 1 aromatic heterocycles. The minimum absolute atomic E-state index is 0. The number of halogens is 1. The molecule has 0 fully saturated rings. The molecule has 3 rings (SSSR count). The molecule has 2 aromatic rings. The topological polar surface area (TPSA) is 58.5 Å². The molecular weight excluding hydrogens is 447 g/mol. The number of rotatable bonds is 6. The van der Waals surface area contributed by atoms with E-state index in [-0.39, 0.29) is 24.0 Å². The summed E-state index contributed by atoms with van der Waals surface area (Å²) >= 11 is 1.69. The Bertz CT molecular complexity index is 717. The maximum atomic E-state index is 5.55. The van der Waals surface area contributed by atoms with Crippen LogP contribution in [-0.2, 0) is 19.4 Å². The van der Waals surface area contributed by atoms with E-state index in [9.17, 15) is 0 Å². The molecule has 0 saturated heterocycles. The van der Waals surface area contributed by atoms with Gasteiger partial charge in [-0.05, 0) is 37.5 Å². The Morgan fingerprint density at radius 2 is 2.24 bits per heavy atom. The lowest BCUT2D eigenvalue weighted by Crippen LogP contribution is -2.38. The maximum Gasteiger partial charge on any atom is 0.191 e. The van der Waals surface area contributed by atoms with E-state index < -0.39 is 0 Å². The number of ether oxygens (including phenoxy) is 1. The van der Waals surface area contributed by atoms with Crippen molar-refractivity contribution < 1.29 is 4.74 Å². The molecule has 0 radical (unpaired) electrons. The molecule has 1 aliphatic rings. The Balaban J connectivity index is 0.00000225. The minimum atomic E-state index is 0. The van der Waals surface area contributed by atoms with Crippen molar-refractivity contribution in [1.29, 1.82) is 0 Å². The van der Waals surface area contributed by atoms with E-state index in [0.717, 1.165) is 49.3 Å².